The third kappa shape index (κ3) is 5.51. The summed E-state index contributed by atoms with van der Waals surface area (Å²) in [6.07, 6.45) is 0. The summed E-state index contributed by atoms with van der Waals surface area (Å²) in [7, 11) is 0. The second kappa shape index (κ2) is 8.31. The van der Waals surface area contributed by atoms with Gasteiger partial charge in [0.05, 0.1) is 5.25 Å². The highest BCUT2D eigenvalue weighted by molar-refractivity contribution is 9.10. The minimum absolute atomic E-state index is 0.0497. The number of hydrogen-bond donors (Lipinski definition) is 1. The number of rotatable bonds is 6. The number of thioether (sulfide) groups is 1. The molecule has 0 radical (unpaired) electrons. The van der Waals surface area contributed by atoms with Gasteiger partial charge in [0, 0.05) is 15.1 Å². The molecule has 2 rings (SSSR count). The third-order valence-electron chi connectivity index (χ3n) is 2.86. The van der Waals surface area contributed by atoms with Crippen LogP contribution in [0, 0.1) is 0 Å². The molecular formula is C16H14BrF2NO2S. The minimum atomic E-state index is -2.86. The average Bonchev–Trinajstić information content (AvgIpc) is 2.51. The number of amides is 1. The Labute approximate surface area is 145 Å². The lowest BCUT2D eigenvalue weighted by molar-refractivity contribution is -0.115. The van der Waals surface area contributed by atoms with Crippen molar-refractivity contribution in [1.82, 2.24) is 0 Å². The molecule has 3 nitrogen and oxygen atoms in total. The molecule has 2 aromatic carbocycles. The average molecular weight is 402 g/mol. The van der Waals surface area contributed by atoms with Crippen LogP contribution in [0.15, 0.2) is 57.9 Å². The number of carbonyl (C=O) groups excluding carboxylic acids is 1. The van der Waals surface area contributed by atoms with Crippen molar-refractivity contribution in [3.05, 3.63) is 53.0 Å². The van der Waals surface area contributed by atoms with Crippen LogP contribution in [0.3, 0.4) is 0 Å². The molecule has 0 saturated heterocycles. The van der Waals surface area contributed by atoms with Crippen molar-refractivity contribution in [2.45, 2.75) is 23.7 Å². The first-order valence-corrected chi connectivity index (χ1v) is 8.40. The second-order valence-electron chi connectivity index (χ2n) is 4.58. The number of alkyl halides is 2. The van der Waals surface area contributed by atoms with Crippen LogP contribution in [0.2, 0.25) is 0 Å². The van der Waals surface area contributed by atoms with E-state index in [0.717, 1.165) is 9.37 Å². The zero-order valence-electron chi connectivity index (χ0n) is 12.1. The molecule has 1 N–H and O–H groups in total. The van der Waals surface area contributed by atoms with Gasteiger partial charge in [-0.2, -0.15) is 8.78 Å². The van der Waals surface area contributed by atoms with Crippen LogP contribution in [-0.4, -0.2) is 17.8 Å². The summed E-state index contributed by atoms with van der Waals surface area (Å²) in [5.74, 6) is -0.123. The summed E-state index contributed by atoms with van der Waals surface area (Å²) >= 11 is 4.87. The standard InChI is InChI=1S/C16H14BrF2NO2S/c1-10(23-14-5-3-2-4-13(14)17)15(21)20-11-6-8-12(9-7-11)22-16(18)19/h2-10,16H,1H3,(H,20,21). The lowest BCUT2D eigenvalue weighted by Crippen LogP contribution is -2.22. The first-order chi connectivity index (χ1) is 11.0. The van der Waals surface area contributed by atoms with Gasteiger partial charge in [0.1, 0.15) is 5.75 Å². The fourth-order valence-corrected chi connectivity index (χ4v) is 3.20. The van der Waals surface area contributed by atoms with Crippen LogP contribution in [-0.2, 0) is 4.79 Å². The maximum absolute atomic E-state index is 12.2. The molecule has 122 valence electrons. The van der Waals surface area contributed by atoms with E-state index in [-0.39, 0.29) is 16.9 Å². The number of carbonyl (C=O) groups is 1. The minimum Gasteiger partial charge on any atom is -0.435 e. The van der Waals surface area contributed by atoms with E-state index in [4.69, 9.17) is 0 Å². The molecular weight excluding hydrogens is 388 g/mol. The Morgan fingerprint density at radius 1 is 1.17 bits per heavy atom. The lowest BCUT2D eigenvalue weighted by Gasteiger charge is -2.13. The smallest absolute Gasteiger partial charge is 0.387 e. The van der Waals surface area contributed by atoms with Gasteiger partial charge in [-0.3, -0.25) is 4.79 Å². The predicted octanol–water partition coefficient (Wildman–Crippen LogP) is 5.17. The van der Waals surface area contributed by atoms with Crippen molar-refractivity contribution < 1.29 is 18.3 Å². The largest absolute Gasteiger partial charge is 0.435 e. The van der Waals surface area contributed by atoms with Crippen molar-refractivity contribution in [2.24, 2.45) is 0 Å². The van der Waals surface area contributed by atoms with Gasteiger partial charge >= 0.3 is 6.61 Å². The molecule has 1 amide bonds. The van der Waals surface area contributed by atoms with Gasteiger partial charge in [-0.15, -0.1) is 11.8 Å². The summed E-state index contributed by atoms with van der Waals surface area (Å²) in [6.45, 7) is -1.07. The first kappa shape index (κ1) is 17.7. The van der Waals surface area contributed by atoms with Crippen molar-refractivity contribution in [2.75, 3.05) is 5.32 Å². The predicted molar refractivity (Wildman–Crippen MR) is 91.2 cm³/mol. The number of hydrogen-bond acceptors (Lipinski definition) is 3. The Balaban J connectivity index is 1.94. The Hall–Kier alpha value is -1.60. The molecule has 0 aliphatic rings. The molecule has 1 unspecified atom stereocenters. The fourth-order valence-electron chi connectivity index (χ4n) is 1.75. The summed E-state index contributed by atoms with van der Waals surface area (Å²) in [6, 6.07) is 13.4. The van der Waals surface area contributed by atoms with Gasteiger partial charge in [0.25, 0.3) is 0 Å². The van der Waals surface area contributed by atoms with Gasteiger partial charge in [-0.1, -0.05) is 12.1 Å². The number of ether oxygens (including phenoxy) is 1. The van der Waals surface area contributed by atoms with E-state index in [0.29, 0.717) is 5.69 Å². The van der Waals surface area contributed by atoms with E-state index in [1.165, 1.54) is 36.0 Å². The molecule has 0 spiro atoms. The molecule has 0 aliphatic carbocycles. The van der Waals surface area contributed by atoms with Gasteiger partial charge in [0.2, 0.25) is 5.91 Å². The van der Waals surface area contributed by atoms with Crippen molar-refractivity contribution >= 4 is 39.3 Å². The molecule has 0 fully saturated rings. The highest BCUT2D eigenvalue weighted by Gasteiger charge is 2.16. The van der Waals surface area contributed by atoms with Crippen LogP contribution >= 0.6 is 27.7 Å². The zero-order chi connectivity index (χ0) is 16.8. The molecule has 7 heteroatoms. The topological polar surface area (TPSA) is 38.3 Å². The Bertz CT molecular complexity index is 667. The Morgan fingerprint density at radius 2 is 1.83 bits per heavy atom. The summed E-state index contributed by atoms with van der Waals surface area (Å²) in [5.41, 5.74) is 0.524. The number of halogens is 3. The van der Waals surface area contributed by atoms with E-state index in [9.17, 15) is 13.6 Å². The van der Waals surface area contributed by atoms with E-state index < -0.39 is 6.61 Å². The Morgan fingerprint density at radius 3 is 2.43 bits per heavy atom. The number of anilines is 1. The molecule has 0 heterocycles. The lowest BCUT2D eigenvalue weighted by atomic mass is 10.3. The summed E-state index contributed by atoms with van der Waals surface area (Å²) in [5, 5.41) is 2.43. The Kier molecular flexibility index (Phi) is 6.41. The SMILES string of the molecule is CC(Sc1ccccc1Br)C(=O)Nc1ccc(OC(F)F)cc1. The normalized spacial score (nSPS) is 12.0. The monoisotopic (exact) mass is 401 g/mol. The molecule has 0 aromatic heterocycles. The van der Waals surface area contributed by atoms with Crippen LogP contribution < -0.4 is 10.1 Å². The summed E-state index contributed by atoms with van der Waals surface area (Å²) in [4.78, 5) is 13.2. The quantitative estimate of drug-likeness (QED) is 0.678. The molecule has 0 aliphatic heterocycles. The van der Waals surface area contributed by atoms with Gasteiger partial charge in [0.15, 0.2) is 0 Å². The van der Waals surface area contributed by atoms with Crippen molar-refractivity contribution in [1.29, 1.82) is 0 Å². The number of nitrogens with one attached hydrogen (secondary N) is 1. The third-order valence-corrected chi connectivity index (χ3v) is 4.99. The van der Waals surface area contributed by atoms with E-state index in [2.05, 4.69) is 26.0 Å². The van der Waals surface area contributed by atoms with E-state index in [1.54, 1.807) is 6.92 Å². The first-order valence-electron chi connectivity index (χ1n) is 6.72. The van der Waals surface area contributed by atoms with Crippen LogP contribution in [0.5, 0.6) is 5.75 Å². The van der Waals surface area contributed by atoms with E-state index in [1.807, 2.05) is 24.3 Å². The molecule has 23 heavy (non-hydrogen) atoms. The maximum Gasteiger partial charge on any atom is 0.387 e. The van der Waals surface area contributed by atoms with Gasteiger partial charge in [-0.25, -0.2) is 0 Å². The highest BCUT2D eigenvalue weighted by Crippen LogP contribution is 2.30. The molecule has 2 aromatic rings. The van der Waals surface area contributed by atoms with Crippen molar-refractivity contribution in [3.63, 3.8) is 0 Å². The maximum atomic E-state index is 12.2. The summed E-state index contributed by atoms with van der Waals surface area (Å²) < 4.78 is 29.3. The number of benzene rings is 2. The zero-order valence-corrected chi connectivity index (χ0v) is 14.5. The van der Waals surface area contributed by atoms with Crippen LogP contribution in [0.1, 0.15) is 6.92 Å². The molecule has 0 saturated carbocycles. The van der Waals surface area contributed by atoms with Crippen LogP contribution in [0.4, 0.5) is 14.5 Å². The van der Waals surface area contributed by atoms with Crippen molar-refractivity contribution in [3.8, 4) is 5.75 Å². The fraction of sp³-hybridized carbons (Fsp3) is 0.188. The molecule has 1 atom stereocenters. The van der Waals surface area contributed by atoms with Crippen LogP contribution in [0.25, 0.3) is 0 Å². The highest BCUT2D eigenvalue weighted by atomic mass is 79.9. The van der Waals surface area contributed by atoms with Gasteiger partial charge in [-0.05, 0) is 59.3 Å². The van der Waals surface area contributed by atoms with E-state index >= 15 is 0 Å². The second-order valence-corrected chi connectivity index (χ2v) is 6.82. The molecule has 0 bridgehead atoms. The van der Waals surface area contributed by atoms with Gasteiger partial charge < -0.3 is 10.1 Å².